The molecule has 2 rings (SSSR count). The molecule has 8 heteroatoms. The minimum Gasteiger partial charge on any atom is -0.335 e. The van der Waals surface area contributed by atoms with Crippen LogP contribution in [0.25, 0.3) is 0 Å². The lowest BCUT2D eigenvalue weighted by Crippen LogP contribution is -2.44. The van der Waals surface area contributed by atoms with E-state index in [0.29, 0.717) is 12.2 Å². The molecule has 7 nitrogen and oxygen atoms in total. The summed E-state index contributed by atoms with van der Waals surface area (Å²) in [6.07, 6.45) is 0. The second-order valence-electron chi connectivity index (χ2n) is 6.30. The van der Waals surface area contributed by atoms with Crippen molar-refractivity contribution in [1.29, 1.82) is 0 Å². The van der Waals surface area contributed by atoms with Gasteiger partial charge in [0.25, 0.3) is 0 Å². The van der Waals surface area contributed by atoms with Crippen molar-refractivity contribution in [2.75, 3.05) is 25.5 Å². The van der Waals surface area contributed by atoms with Crippen LogP contribution in [0.4, 0.5) is 10.5 Å². The van der Waals surface area contributed by atoms with Crippen LogP contribution in [-0.4, -0.2) is 42.9 Å². The molecule has 2 aromatic rings. The first kappa shape index (κ1) is 21.4. The molecule has 28 heavy (non-hydrogen) atoms. The number of hydrogen-bond acceptors (Lipinski definition) is 3. The summed E-state index contributed by atoms with van der Waals surface area (Å²) in [5, 5.41) is 7.91. The molecule has 0 unspecified atom stereocenters. The zero-order valence-electron chi connectivity index (χ0n) is 15.8. The molecular formula is C20H23BrN4O3. The first-order valence-electron chi connectivity index (χ1n) is 8.70. The Balaban J connectivity index is 1.71. The van der Waals surface area contributed by atoms with Gasteiger partial charge >= 0.3 is 6.03 Å². The molecule has 3 N–H and O–H groups in total. The number of amides is 4. The number of halogens is 1. The number of para-hydroxylation sites is 1. The summed E-state index contributed by atoms with van der Waals surface area (Å²) < 4.78 is 0.754. The van der Waals surface area contributed by atoms with Crippen LogP contribution in [-0.2, 0) is 16.1 Å². The van der Waals surface area contributed by atoms with Gasteiger partial charge in [0.1, 0.15) is 0 Å². The van der Waals surface area contributed by atoms with Crippen LogP contribution in [0.5, 0.6) is 0 Å². The lowest BCUT2D eigenvalue weighted by Gasteiger charge is -2.17. The highest BCUT2D eigenvalue weighted by Gasteiger charge is 2.14. The van der Waals surface area contributed by atoms with E-state index in [1.807, 2.05) is 43.3 Å². The Labute approximate surface area is 172 Å². The average molecular weight is 447 g/mol. The van der Waals surface area contributed by atoms with Crippen molar-refractivity contribution in [3.8, 4) is 0 Å². The predicted octanol–water partition coefficient (Wildman–Crippen LogP) is 2.65. The summed E-state index contributed by atoms with van der Waals surface area (Å²) in [6, 6.07) is 14.5. The first-order chi connectivity index (χ1) is 13.3. The third-order valence-corrected chi connectivity index (χ3v) is 4.62. The SMILES string of the molecule is Cc1ccc(CNC(=O)NCC(=O)N(C)CC(=O)Nc2ccccc2Br)cc1. The van der Waals surface area contributed by atoms with E-state index in [1.165, 1.54) is 11.9 Å². The fourth-order valence-electron chi connectivity index (χ4n) is 2.30. The topological polar surface area (TPSA) is 90.5 Å². The van der Waals surface area contributed by atoms with Crippen LogP contribution in [0.15, 0.2) is 53.0 Å². The maximum atomic E-state index is 12.1. The summed E-state index contributed by atoms with van der Waals surface area (Å²) in [5.41, 5.74) is 2.74. The van der Waals surface area contributed by atoms with Crippen molar-refractivity contribution in [2.45, 2.75) is 13.5 Å². The van der Waals surface area contributed by atoms with Gasteiger partial charge in [-0.15, -0.1) is 0 Å². The third-order valence-electron chi connectivity index (χ3n) is 3.93. The molecule has 0 saturated carbocycles. The minimum absolute atomic E-state index is 0.118. The monoisotopic (exact) mass is 446 g/mol. The molecule has 2 aromatic carbocycles. The highest BCUT2D eigenvalue weighted by Crippen LogP contribution is 2.20. The van der Waals surface area contributed by atoms with Gasteiger partial charge in [-0.05, 0) is 40.5 Å². The summed E-state index contributed by atoms with van der Waals surface area (Å²) in [5.74, 6) is -0.695. The maximum absolute atomic E-state index is 12.1. The van der Waals surface area contributed by atoms with Gasteiger partial charge in [-0.3, -0.25) is 9.59 Å². The predicted molar refractivity (Wildman–Crippen MR) is 112 cm³/mol. The Kier molecular flexibility index (Phi) is 8.01. The molecule has 0 bridgehead atoms. The van der Waals surface area contributed by atoms with Gasteiger partial charge < -0.3 is 20.9 Å². The number of nitrogens with zero attached hydrogens (tertiary/aromatic N) is 1. The fraction of sp³-hybridized carbons (Fsp3) is 0.250. The summed E-state index contributed by atoms with van der Waals surface area (Å²) in [6.45, 7) is 2.04. The lowest BCUT2D eigenvalue weighted by molar-refractivity contribution is -0.132. The number of likely N-dealkylation sites (N-methyl/N-ethyl adjacent to an activating group) is 1. The average Bonchev–Trinajstić information content (AvgIpc) is 2.67. The van der Waals surface area contributed by atoms with Gasteiger partial charge in [-0.2, -0.15) is 0 Å². The molecule has 0 aromatic heterocycles. The van der Waals surface area contributed by atoms with Gasteiger partial charge in [-0.25, -0.2) is 4.79 Å². The number of benzene rings is 2. The van der Waals surface area contributed by atoms with Crippen LogP contribution in [0, 0.1) is 6.92 Å². The van der Waals surface area contributed by atoms with E-state index < -0.39 is 6.03 Å². The molecule has 0 aliphatic rings. The molecule has 0 radical (unpaired) electrons. The normalized spacial score (nSPS) is 10.1. The molecule has 0 spiro atoms. The standard InChI is InChI=1S/C20H23BrN4O3/c1-14-7-9-15(10-8-14)11-22-20(28)23-12-19(27)25(2)13-18(26)24-17-6-4-3-5-16(17)21/h3-10H,11-13H2,1-2H3,(H,24,26)(H2,22,23,28). The summed E-state index contributed by atoms with van der Waals surface area (Å²) in [7, 11) is 1.51. The molecule has 0 aliphatic heterocycles. The van der Waals surface area contributed by atoms with Gasteiger partial charge in [0.15, 0.2) is 0 Å². The Morgan fingerprint density at radius 1 is 1.00 bits per heavy atom. The second-order valence-corrected chi connectivity index (χ2v) is 7.15. The zero-order chi connectivity index (χ0) is 20.5. The van der Waals surface area contributed by atoms with E-state index in [-0.39, 0.29) is 24.9 Å². The Morgan fingerprint density at radius 3 is 2.36 bits per heavy atom. The molecule has 148 valence electrons. The largest absolute Gasteiger partial charge is 0.335 e. The fourth-order valence-corrected chi connectivity index (χ4v) is 2.68. The minimum atomic E-state index is -0.444. The number of anilines is 1. The number of carbonyl (C=O) groups is 3. The van der Waals surface area contributed by atoms with E-state index in [1.54, 1.807) is 12.1 Å². The van der Waals surface area contributed by atoms with Crippen LogP contribution >= 0.6 is 15.9 Å². The zero-order valence-corrected chi connectivity index (χ0v) is 17.4. The van der Waals surface area contributed by atoms with Crippen LogP contribution in [0.2, 0.25) is 0 Å². The number of nitrogens with one attached hydrogen (secondary N) is 3. The third kappa shape index (κ3) is 7.03. The maximum Gasteiger partial charge on any atom is 0.315 e. The number of urea groups is 1. The molecular weight excluding hydrogens is 424 g/mol. The van der Waals surface area contributed by atoms with Crippen LogP contribution in [0.3, 0.4) is 0 Å². The second kappa shape index (κ2) is 10.5. The van der Waals surface area contributed by atoms with Crippen molar-refractivity contribution in [2.24, 2.45) is 0 Å². The highest BCUT2D eigenvalue weighted by atomic mass is 79.9. The smallest absolute Gasteiger partial charge is 0.315 e. The Hall–Kier alpha value is -2.87. The molecule has 0 saturated heterocycles. The van der Waals surface area contributed by atoms with E-state index in [0.717, 1.165) is 15.6 Å². The number of aryl methyl sites for hydroxylation is 1. The number of carbonyl (C=O) groups excluding carboxylic acids is 3. The van der Waals surface area contributed by atoms with Crippen molar-refractivity contribution < 1.29 is 14.4 Å². The first-order valence-corrected chi connectivity index (χ1v) is 9.50. The van der Waals surface area contributed by atoms with Crippen molar-refractivity contribution in [1.82, 2.24) is 15.5 Å². The van der Waals surface area contributed by atoms with Crippen molar-refractivity contribution in [3.63, 3.8) is 0 Å². The quantitative estimate of drug-likeness (QED) is 0.610. The molecule has 0 atom stereocenters. The van der Waals surface area contributed by atoms with Gasteiger partial charge in [0.05, 0.1) is 18.8 Å². The Morgan fingerprint density at radius 2 is 1.68 bits per heavy atom. The van der Waals surface area contributed by atoms with E-state index >= 15 is 0 Å². The van der Waals surface area contributed by atoms with Gasteiger partial charge in [0.2, 0.25) is 11.8 Å². The van der Waals surface area contributed by atoms with E-state index in [2.05, 4.69) is 31.9 Å². The van der Waals surface area contributed by atoms with Crippen LogP contribution < -0.4 is 16.0 Å². The summed E-state index contributed by atoms with van der Waals surface area (Å²) >= 11 is 3.35. The van der Waals surface area contributed by atoms with Gasteiger partial charge in [0, 0.05) is 18.1 Å². The molecule has 0 fully saturated rings. The highest BCUT2D eigenvalue weighted by molar-refractivity contribution is 9.10. The number of hydrogen-bond donors (Lipinski definition) is 3. The molecule has 0 heterocycles. The molecule has 0 aliphatic carbocycles. The van der Waals surface area contributed by atoms with E-state index in [4.69, 9.17) is 0 Å². The lowest BCUT2D eigenvalue weighted by atomic mass is 10.1. The number of rotatable bonds is 7. The van der Waals surface area contributed by atoms with Crippen LogP contribution in [0.1, 0.15) is 11.1 Å². The van der Waals surface area contributed by atoms with Crippen molar-refractivity contribution >= 4 is 39.5 Å². The summed E-state index contributed by atoms with van der Waals surface area (Å²) in [4.78, 5) is 37.3. The van der Waals surface area contributed by atoms with Gasteiger partial charge in [-0.1, -0.05) is 42.0 Å². The van der Waals surface area contributed by atoms with E-state index in [9.17, 15) is 14.4 Å². The van der Waals surface area contributed by atoms with Crippen molar-refractivity contribution in [3.05, 3.63) is 64.1 Å². The molecule has 4 amide bonds. The Bertz CT molecular complexity index is 840.